The molecule has 2 unspecified atom stereocenters. The lowest BCUT2D eigenvalue weighted by Gasteiger charge is -2.29. The summed E-state index contributed by atoms with van der Waals surface area (Å²) in [4.78, 5) is 9.86. The average Bonchev–Trinajstić information content (AvgIpc) is 2.62. The first-order chi connectivity index (χ1) is 9.60. The Morgan fingerprint density at radius 3 is 2.75 bits per heavy atom. The van der Waals surface area contributed by atoms with Crippen molar-refractivity contribution < 1.29 is 0 Å². The number of rotatable bonds is 2. The molecule has 20 heavy (non-hydrogen) atoms. The first-order valence-electron chi connectivity index (χ1n) is 7.74. The maximum atomic E-state index is 5.97. The maximum absolute atomic E-state index is 5.97. The number of pyridine rings is 1. The summed E-state index contributed by atoms with van der Waals surface area (Å²) in [5, 5.41) is 0. The quantitative estimate of drug-likeness (QED) is 0.893. The van der Waals surface area contributed by atoms with Crippen molar-refractivity contribution in [3.8, 4) is 0 Å². The van der Waals surface area contributed by atoms with Crippen LogP contribution >= 0.6 is 0 Å². The van der Waals surface area contributed by atoms with Crippen LogP contribution in [-0.4, -0.2) is 42.1 Å². The molecule has 2 N–H and O–H groups in total. The van der Waals surface area contributed by atoms with E-state index in [-0.39, 0.29) is 0 Å². The Labute approximate surface area is 122 Å². The molecule has 2 aliphatic heterocycles. The number of aromatic nitrogens is 1. The molecule has 2 aliphatic rings. The molecule has 3 rings (SSSR count). The Kier molecular flexibility index (Phi) is 3.69. The van der Waals surface area contributed by atoms with Crippen molar-refractivity contribution >= 4 is 5.82 Å². The van der Waals surface area contributed by atoms with E-state index in [1.54, 1.807) is 0 Å². The van der Waals surface area contributed by atoms with Gasteiger partial charge in [0.2, 0.25) is 0 Å². The topological polar surface area (TPSA) is 45.4 Å². The molecule has 0 radical (unpaired) electrons. The molecule has 2 bridgehead atoms. The lowest BCUT2D eigenvalue weighted by atomic mass is 10.1. The van der Waals surface area contributed by atoms with Gasteiger partial charge in [-0.05, 0) is 51.8 Å². The Hall–Kier alpha value is -1.13. The van der Waals surface area contributed by atoms with Crippen molar-refractivity contribution in [2.24, 2.45) is 5.73 Å². The zero-order valence-electron chi connectivity index (χ0n) is 12.9. The molecule has 4 nitrogen and oxygen atoms in total. The molecule has 1 aromatic rings. The van der Waals surface area contributed by atoms with Crippen LogP contribution in [0.3, 0.4) is 0 Å². The van der Waals surface area contributed by atoms with Crippen LogP contribution in [0.25, 0.3) is 0 Å². The smallest absolute Gasteiger partial charge is 0.133 e. The van der Waals surface area contributed by atoms with Crippen molar-refractivity contribution in [3.05, 3.63) is 22.9 Å². The molecule has 0 aliphatic carbocycles. The van der Waals surface area contributed by atoms with Crippen LogP contribution in [0.15, 0.2) is 6.07 Å². The summed E-state index contributed by atoms with van der Waals surface area (Å²) in [6.07, 6.45) is 3.92. The van der Waals surface area contributed by atoms with E-state index in [0.29, 0.717) is 12.6 Å². The summed E-state index contributed by atoms with van der Waals surface area (Å²) >= 11 is 0. The second-order valence-corrected chi connectivity index (χ2v) is 6.37. The lowest BCUT2D eigenvalue weighted by Crippen LogP contribution is -2.37. The van der Waals surface area contributed by atoms with Gasteiger partial charge in [0, 0.05) is 43.0 Å². The van der Waals surface area contributed by atoms with Crippen molar-refractivity contribution in [1.82, 2.24) is 9.88 Å². The van der Waals surface area contributed by atoms with Gasteiger partial charge in [0.05, 0.1) is 0 Å². The van der Waals surface area contributed by atoms with Gasteiger partial charge in [-0.15, -0.1) is 0 Å². The van der Waals surface area contributed by atoms with Gasteiger partial charge in [0.15, 0.2) is 0 Å². The molecule has 0 spiro atoms. The minimum atomic E-state index is 0.578. The first-order valence-corrected chi connectivity index (χ1v) is 7.74. The molecular weight excluding hydrogens is 248 g/mol. The van der Waals surface area contributed by atoms with E-state index in [1.807, 2.05) is 0 Å². The van der Waals surface area contributed by atoms with E-state index < -0.39 is 0 Å². The molecule has 0 aromatic carbocycles. The Morgan fingerprint density at radius 2 is 2.00 bits per heavy atom. The molecule has 3 heterocycles. The van der Waals surface area contributed by atoms with Gasteiger partial charge in [-0.2, -0.15) is 0 Å². The highest BCUT2D eigenvalue weighted by molar-refractivity contribution is 5.52. The van der Waals surface area contributed by atoms with Gasteiger partial charge >= 0.3 is 0 Å². The Morgan fingerprint density at radius 1 is 1.25 bits per heavy atom. The van der Waals surface area contributed by atoms with E-state index in [4.69, 9.17) is 10.7 Å². The van der Waals surface area contributed by atoms with Crippen LogP contribution in [0, 0.1) is 13.8 Å². The third-order valence-electron chi connectivity index (χ3n) is 5.11. The van der Waals surface area contributed by atoms with Crippen LogP contribution in [0.1, 0.15) is 36.1 Å². The van der Waals surface area contributed by atoms with Gasteiger partial charge in [-0.3, -0.25) is 4.90 Å². The van der Waals surface area contributed by atoms with Gasteiger partial charge in [0.25, 0.3) is 0 Å². The average molecular weight is 274 g/mol. The van der Waals surface area contributed by atoms with E-state index in [9.17, 15) is 0 Å². The third kappa shape index (κ3) is 2.31. The summed E-state index contributed by atoms with van der Waals surface area (Å²) in [7, 11) is 2.28. The summed E-state index contributed by atoms with van der Waals surface area (Å²) in [5.41, 5.74) is 9.56. The molecule has 1 aromatic heterocycles. The number of fused-ring (bicyclic) bond motifs is 2. The van der Waals surface area contributed by atoms with Crippen LogP contribution in [0.5, 0.6) is 0 Å². The zero-order valence-corrected chi connectivity index (χ0v) is 12.9. The number of likely N-dealkylation sites (N-methyl/N-ethyl adjacent to an activating group) is 1. The summed E-state index contributed by atoms with van der Waals surface area (Å²) in [6.45, 7) is 7.00. The number of aryl methyl sites for hydroxylation is 2. The molecule has 2 fully saturated rings. The van der Waals surface area contributed by atoms with Crippen LogP contribution < -0.4 is 10.6 Å². The van der Waals surface area contributed by atoms with E-state index >= 15 is 0 Å². The molecule has 0 amide bonds. The van der Waals surface area contributed by atoms with E-state index in [2.05, 4.69) is 36.8 Å². The summed E-state index contributed by atoms with van der Waals surface area (Å²) in [5.74, 6) is 1.13. The van der Waals surface area contributed by atoms with Gasteiger partial charge < -0.3 is 10.6 Å². The Bertz CT molecular complexity index is 499. The highest BCUT2D eigenvalue weighted by atomic mass is 15.3. The first kappa shape index (κ1) is 13.8. The highest BCUT2D eigenvalue weighted by Gasteiger charge is 2.35. The van der Waals surface area contributed by atoms with E-state index in [0.717, 1.165) is 30.6 Å². The molecular formula is C16H26N4. The number of nitrogens with two attached hydrogens (primary N) is 1. The second kappa shape index (κ2) is 5.34. The predicted molar refractivity (Wildman–Crippen MR) is 83.0 cm³/mol. The fraction of sp³-hybridized carbons (Fsp3) is 0.688. The van der Waals surface area contributed by atoms with Crippen molar-refractivity contribution in [3.63, 3.8) is 0 Å². The number of anilines is 1. The van der Waals surface area contributed by atoms with Crippen molar-refractivity contribution in [1.29, 1.82) is 0 Å². The highest BCUT2D eigenvalue weighted by Crippen LogP contribution is 2.32. The standard InChI is InChI=1S/C16H26N4/c1-11-8-12(2)18-16(15(11)9-17)20-7-6-13-4-5-14(10-20)19(13)3/h8,13-14H,4-7,9-10,17H2,1-3H3. The summed E-state index contributed by atoms with van der Waals surface area (Å²) < 4.78 is 0. The maximum Gasteiger partial charge on any atom is 0.133 e. The van der Waals surface area contributed by atoms with Crippen molar-refractivity contribution in [2.75, 3.05) is 25.0 Å². The van der Waals surface area contributed by atoms with Gasteiger partial charge in [-0.1, -0.05) is 0 Å². The zero-order chi connectivity index (χ0) is 14.3. The Balaban J connectivity index is 1.93. The fourth-order valence-corrected chi connectivity index (χ4v) is 3.86. The number of hydrogen-bond donors (Lipinski definition) is 1. The largest absolute Gasteiger partial charge is 0.355 e. The number of hydrogen-bond acceptors (Lipinski definition) is 4. The molecule has 2 atom stereocenters. The van der Waals surface area contributed by atoms with Crippen molar-refractivity contribution in [2.45, 2.75) is 51.7 Å². The van der Waals surface area contributed by atoms with Crippen LogP contribution in [-0.2, 0) is 6.54 Å². The van der Waals surface area contributed by atoms with Crippen LogP contribution in [0.4, 0.5) is 5.82 Å². The molecule has 0 saturated carbocycles. The summed E-state index contributed by atoms with van der Waals surface area (Å²) in [6, 6.07) is 3.58. The SMILES string of the molecule is Cc1cc(C)c(CN)c(N2CCC3CCC(C2)N3C)n1. The minimum absolute atomic E-state index is 0.578. The third-order valence-corrected chi connectivity index (χ3v) is 5.11. The lowest BCUT2D eigenvalue weighted by molar-refractivity contribution is 0.254. The monoisotopic (exact) mass is 274 g/mol. The second-order valence-electron chi connectivity index (χ2n) is 6.37. The fourth-order valence-electron chi connectivity index (χ4n) is 3.86. The normalized spacial score (nSPS) is 26.9. The van der Waals surface area contributed by atoms with Gasteiger partial charge in [-0.25, -0.2) is 4.98 Å². The molecule has 4 heteroatoms. The van der Waals surface area contributed by atoms with E-state index in [1.165, 1.54) is 30.4 Å². The van der Waals surface area contributed by atoms with Crippen LogP contribution in [0.2, 0.25) is 0 Å². The number of nitrogens with zero attached hydrogens (tertiary/aromatic N) is 3. The predicted octanol–water partition coefficient (Wildman–Crippen LogP) is 1.83. The van der Waals surface area contributed by atoms with Gasteiger partial charge in [0.1, 0.15) is 5.82 Å². The molecule has 2 saturated heterocycles. The minimum Gasteiger partial charge on any atom is -0.355 e. The molecule has 110 valence electrons.